The summed E-state index contributed by atoms with van der Waals surface area (Å²) in [6, 6.07) is 7.64. The van der Waals surface area contributed by atoms with Crippen LogP contribution in [0.25, 0.3) is 11.4 Å². The molecule has 0 saturated carbocycles. The summed E-state index contributed by atoms with van der Waals surface area (Å²) >= 11 is 0. The van der Waals surface area contributed by atoms with Crippen LogP contribution < -0.4 is 9.47 Å². The lowest BCUT2D eigenvalue weighted by Crippen LogP contribution is -2.20. The van der Waals surface area contributed by atoms with Gasteiger partial charge in [-0.3, -0.25) is 4.79 Å². The zero-order valence-corrected chi connectivity index (χ0v) is 17.4. The molecule has 6 nitrogen and oxygen atoms in total. The third kappa shape index (κ3) is 6.08. The van der Waals surface area contributed by atoms with Gasteiger partial charge in [0.2, 0.25) is 5.91 Å². The summed E-state index contributed by atoms with van der Waals surface area (Å²) in [4.78, 5) is 17.4. The van der Waals surface area contributed by atoms with Crippen molar-refractivity contribution in [1.82, 2.24) is 14.8 Å². The minimum absolute atomic E-state index is 0.0751. The summed E-state index contributed by atoms with van der Waals surface area (Å²) in [5, 5.41) is 4.32. The number of methoxy groups -OCH3 is 1. The van der Waals surface area contributed by atoms with E-state index in [2.05, 4.69) is 37.8 Å². The van der Waals surface area contributed by atoms with Crippen molar-refractivity contribution in [3.8, 4) is 23.1 Å². The molecule has 0 bridgehead atoms. The first-order valence-corrected chi connectivity index (χ1v) is 9.40. The van der Waals surface area contributed by atoms with E-state index in [1.54, 1.807) is 7.11 Å². The van der Waals surface area contributed by atoms with Crippen molar-refractivity contribution in [3.63, 3.8) is 0 Å². The van der Waals surface area contributed by atoms with Crippen LogP contribution in [0.15, 0.2) is 24.3 Å². The minimum Gasteiger partial charge on any atom is -0.497 e. The number of rotatable bonds is 7. The first kappa shape index (κ1) is 20.9. The van der Waals surface area contributed by atoms with E-state index in [0.29, 0.717) is 18.0 Å². The van der Waals surface area contributed by atoms with Gasteiger partial charge in [0.25, 0.3) is 0 Å². The molecule has 0 N–H and O–H groups in total. The fourth-order valence-electron chi connectivity index (χ4n) is 3.18. The number of benzene rings is 1. The number of aromatic nitrogens is 3. The topological polar surface area (TPSA) is 66.2 Å². The number of nitrogens with zero attached hydrogens (tertiary/aromatic N) is 3. The van der Waals surface area contributed by atoms with E-state index in [4.69, 9.17) is 9.47 Å². The van der Waals surface area contributed by atoms with Crippen molar-refractivity contribution in [2.24, 2.45) is 11.3 Å². The zero-order valence-electron chi connectivity index (χ0n) is 17.4. The number of hydrogen-bond donors (Lipinski definition) is 0. The van der Waals surface area contributed by atoms with E-state index in [1.165, 1.54) is 4.68 Å². The lowest BCUT2D eigenvalue weighted by Gasteiger charge is -2.22. The SMILES string of the molecule is COc1cccc(-c2nc(OC(C)C)nn2C(=O)CC(C)CC(C)(C)C)c1. The average molecular weight is 373 g/mol. The van der Waals surface area contributed by atoms with Crippen molar-refractivity contribution < 1.29 is 14.3 Å². The Kier molecular flexibility index (Phi) is 6.63. The van der Waals surface area contributed by atoms with Gasteiger partial charge < -0.3 is 9.47 Å². The molecule has 2 rings (SSSR count). The van der Waals surface area contributed by atoms with E-state index < -0.39 is 0 Å². The van der Waals surface area contributed by atoms with Crippen LogP contribution in [0.4, 0.5) is 0 Å². The first-order valence-electron chi connectivity index (χ1n) is 9.40. The Morgan fingerprint density at radius 1 is 1.22 bits per heavy atom. The Hall–Kier alpha value is -2.37. The Balaban J connectivity index is 2.35. The summed E-state index contributed by atoms with van der Waals surface area (Å²) in [5.74, 6) is 1.32. The third-order valence-electron chi connectivity index (χ3n) is 3.98. The van der Waals surface area contributed by atoms with Crippen molar-refractivity contribution in [2.45, 2.75) is 60.5 Å². The second-order valence-electron chi connectivity index (χ2n) is 8.50. The monoisotopic (exact) mass is 373 g/mol. The molecule has 0 radical (unpaired) electrons. The molecular weight excluding hydrogens is 342 g/mol. The molecule has 148 valence electrons. The highest BCUT2D eigenvalue weighted by Crippen LogP contribution is 2.28. The van der Waals surface area contributed by atoms with Gasteiger partial charge in [0, 0.05) is 12.0 Å². The van der Waals surface area contributed by atoms with Crippen LogP contribution in [0.2, 0.25) is 0 Å². The van der Waals surface area contributed by atoms with Gasteiger partial charge in [0.1, 0.15) is 5.75 Å². The van der Waals surface area contributed by atoms with Gasteiger partial charge in [-0.2, -0.15) is 9.67 Å². The lowest BCUT2D eigenvalue weighted by molar-refractivity contribution is 0.0854. The normalized spacial score (nSPS) is 12.9. The molecule has 1 atom stereocenters. The second-order valence-corrected chi connectivity index (χ2v) is 8.50. The largest absolute Gasteiger partial charge is 0.497 e. The second kappa shape index (κ2) is 8.55. The number of carbonyl (C=O) groups is 1. The molecule has 27 heavy (non-hydrogen) atoms. The van der Waals surface area contributed by atoms with Gasteiger partial charge in [-0.05, 0) is 43.7 Å². The lowest BCUT2D eigenvalue weighted by atomic mass is 9.84. The third-order valence-corrected chi connectivity index (χ3v) is 3.98. The molecule has 1 aromatic heterocycles. The van der Waals surface area contributed by atoms with Crippen molar-refractivity contribution in [2.75, 3.05) is 7.11 Å². The Bertz CT molecular complexity index is 775. The maximum absolute atomic E-state index is 13.0. The fraction of sp³-hybridized carbons (Fsp3) is 0.571. The van der Waals surface area contributed by atoms with Gasteiger partial charge >= 0.3 is 6.01 Å². The molecule has 0 aliphatic carbocycles. The summed E-state index contributed by atoms with van der Waals surface area (Å²) in [6.07, 6.45) is 1.28. The molecule has 6 heteroatoms. The minimum atomic E-state index is -0.0873. The molecule has 0 saturated heterocycles. The summed E-state index contributed by atoms with van der Waals surface area (Å²) in [5.41, 5.74) is 0.932. The van der Waals surface area contributed by atoms with E-state index in [-0.39, 0.29) is 29.4 Å². The van der Waals surface area contributed by atoms with E-state index in [9.17, 15) is 4.79 Å². The predicted molar refractivity (Wildman–Crippen MR) is 106 cm³/mol. The van der Waals surface area contributed by atoms with Crippen LogP contribution in [0.1, 0.15) is 59.2 Å². The van der Waals surface area contributed by atoms with Crippen LogP contribution in [0, 0.1) is 11.3 Å². The Morgan fingerprint density at radius 3 is 2.52 bits per heavy atom. The standard InChI is InChI=1S/C21H31N3O3/c1-14(2)27-20-22-19(16-9-8-10-17(12-16)26-7)24(23-20)18(25)11-15(3)13-21(4,5)6/h8-10,12,14-15H,11,13H2,1-7H3. The van der Waals surface area contributed by atoms with Gasteiger partial charge in [-0.1, -0.05) is 39.8 Å². The molecule has 0 aliphatic heterocycles. The van der Waals surface area contributed by atoms with E-state index in [0.717, 1.165) is 12.0 Å². The van der Waals surface area contributed by atoms with Crippen molar-refractivity contribution in [1.29, 1.82) is 0 Å². The fourth-order valence-corrected chi connectivity index (χ4v) is 3.18. The molecule has 1 heterocycles. The number of hydrogen-bond acceptors (Lipinski definition) is 5. The molecule has 0 amide bonds. The van der Waals surface area contributed by atoms with E-state index >= 15 is 0 Å². The number of carbonyl (C=O) groups excluding carboxylic acids is 1. The number of ether oxygens (including phenoxy) is 2. The highest BCUT2D eigenvalue weighted by atomic mass is 16.5. The maximum Gasteiger partial charge on any atom is 0.336 e. The summed E-state index contributed by atoms with van der Waals surface area (Å²) in [6.45, 7) is 12.4. The Labute approximate surface area is 161 Å². The molecule has 1 unspecified atom stereocenters. The first-order chi connectivity index (χ1) is 12.6. The highest BCUT2D eigenvalue weighted by molar-refractivity contribution is 5.82. The van der Waals surface area contributed by atoms with Crippen LogP contribution in [0.3, 0.4) is 0 Å². The highest BCUT2D eigenvalue weighted by Gasteiger charge is 2.23. The van der Waals surface area contributed by atoms with Crippen LogP contribution >= 0.6 is 0 Å². The molecule has 0 fully saturated rings. The molecule has 1 aromatic carbocycles. The van der Waals surface area contributed by atoms with Gasteiger partial charge in [-0.15, -0.1) is 5.10 Å². The van der Waals surface area contributed by atoms with Gasteiger partial charge in [-0.25, -0.2) is 0 Å². The maximum atomic E-state index is 13.0. The van der Waals surface area contributed by atoms with Crippen molar-refractivity contribution >= 4 is 5.91 Å². The van der Waals surface area contributed by atoms with Crippen molar-refractivity contribution in [3.05, 3.63) is 24.3 Å². The Morgan fingerprint density at radius 2 is 1.93 bits per heavy atom. The zero-order chi connectivity index (χ0) is 20.2. The molecular formula is C21H31N3O3. The van der Waals surface area contributed by atoms with Crippen LogP contribution in [-0.4, -0.2) is 33.9 Å². The predicted octanol–water partition coefficient (Wildman–Crippen LogP) is 4.84. The molecule has 2 aromatic rings. The smallest absolute Gasteiger partial charge is 0.336 e. The van der Waals surface area contributed by atoms with E-state index in [1.807, 2.05) is 38.1 Å². The van der Waals surface area contributed by atoms with Crippen LogP contribution in [0.5, 0.6) is 11.8 Å². The average Bonchev–Trinajstić information content (AvgIpc) is 2.96. The van der Waals surface area contributed by atoms with Gasteiger partial charge in [0.15, 0.2) is 5.82 Å². The molecule has 0 spiro atoms. The quantitative estimate of drug-likeness (QED) is 0.694. The summed E-state index contributed by atoms with van der Waals surface area (Å²) in [7, 11) is 1.61. The summed E-state index contributed by atoms with van der Waals surface area (Å²) < 4.78 is 12.3. The van der Waals surface area contributed by atoms with Gasteiger partial charge in [0.05, 0.1) is 13.2 Å². The van der Waals surface area contributed by atoms with Crippen LogP contribution in [-0.2, 0) is 0 Å². The molecule has 0 aliphatic rings.